The van der Waals surface area contributed by atoms with Gasteiger partial charge >= 0.3 is 0 Å². The summed E-state index contributed by atoms with van der Waals surface area (Å²) in [6.45, 7) is 2.70. The van der Waals surface area contributed by atoms with E-state index >= 15 is 0 Å². The molecule has 1 heterocycles. The highest BCUT2D eigenvalue weighted by Crippen LogP contribution is 2.20. The Bertz CT molecular complexity index is 403. The number of hydrogen-bond donors (Lipinski definition) is 2. The molecule has 0 amide bonds. The maximum absolute atomic E-state index is 7.23. The Balaban J connectivity index is 1.81. The minimum absolute atomic E-state index is 0.178. The van der Waals surface area contributed by atoms with Crippen molar-refractivity contribution in [1.29, 1.82) is 5.41 Å². The van der Waals surface area contributed by atoms with E-state index in [4.69, 9.17) is 20.6 Å². The number of nitrogens with two attached hydrogens (primary N) is 1. The molecule has 4 heteroatoms. The maximum Gasteiger partial charge on any atom is 0.119 e. The summed E-state index contributed by atoms with van der Waals surface area (Å²) in [5.74, 6) is 1.02. The van der Waals surface area contributed by atoms with Crippen LogP contribution < -0.4 is 10.5 Å². The van der Waals surface area contributed by atoms with Crippen molar-refractivity contribution in [2.45, 2.75) is 38.4 Å². The van der Waals surface area contributed by atoms with Gasteiger partial charge in [-0.25, -0.2) is 0 Å². The molecular formula is C14H20N2O2. The Morgan fingerprint density at radius 1 is 1.39 bits per heavy atom. The predicted octanol–water partition coefficient (Wildman–Crippen LogP) is 2.11. The number of hydrogen-bond acceptors (Lipinski definition) is 3. The molecule has 1 fully saturated rings. The Morgan fingerprint density at radius 2 is 2.11 bits per heavy atom. The molecule has 1 aliphatic rings. The van der Waals surface area contributed by atoms with Crippen LogP contribution in [0, 0.1) is 5.41 Å². The van der Waals surface area contributed by atoms with Crippen molar-refractivity contribution in [2.75, 3.05) is 6.61 Å². The first-order valence-electron chi connectivity index (χ1n) is 6.33. The Hall–Kier alpha value is -1.55. The lowest BCUT2D eigenvalue weighted by Gasteiger charge is -2.13. The summed E-state index contributed by atoms with van der Waals surface area (Å²) < 4.78 is 11.4. The predicted molar refractivity (Wildman–Crippen MR) is 71.1 cm³/mol. The second-order valence-corrected chi connectivity index (χ2v) is 4.80. The van der Waals surface area contributed by atoms with Gasteiger partial charge in [-0.05, 0) is 37.5 Å². The fraction of sp³-hybridized carbons (Fsp3) is 0.500. The Morgan fingerprint density at radius 3 is 2.67 bits per heavy atom. The smallest absolute Gasteiger partial charge is 0.119 e. The molecule has 1 aromatic rings. The zero-order valence-corrected chi connectivity index (χ0v) is 10.7. The molecule has 0 aliphatic carbocycles. The average Bonchev–Trinajstić information content (AvgIpc) is 2.74. The zero-order valence-electron chi connectivity index (χ0n) is 10.7. The summed E-state index contributed by atoms with van der Waals surface area (Å²) in [4.78, 5) is 0. The molecule has 0 radical (unpaired) electrons. The van der Waals surface area contributed by atoms with E-state index in [1.165, 1.54) is 0 Å². The van der Waals surface area contributed by atoms with E-state index in [1.54, 1.807) is 0 Å². The molecule has 0 spiro atoms. The quantitative estimate of drug-likeness (QED) is 0.619. The van der Waals surface area contributed by atoms with Crippen molar-refractivity contribution in [3.63, 3.8) is 0 Å². The van der Waals surface area contributed by atoms with Gasteiger partial charge < -0.3 is 15.2 Å². The van der Waals surface area contributed by atoms with Gasteiger partial charge in [0.2, 0.25) is 0 Å². The van der Waals surface area contributed by atoms with Crippen LogP contribution in [0.15, 0.2) is 24.3 Å². The molecule has 0 bridgehead atoms. The largest absolute Gasteiger partial charge is 0.491 e. The van der Waals surface area contributed by atoms with E-state index < -0.39 is 0 Å². The van der Waals surface area contributed by atoms with Crippen LogP contribution in [0.3, 0.4) is 0 Å². The van der Waals surface area contributed by atoms with Crippen LogP contribution in [0.5, 0.6) is 5.75 Å². The summed E-state index contributed by atoms with van der Waals surface area (Å²) in [6, 6.07) is 7.71. The third-order valence-corrected chi connectivity index (χ3v) is 3.07. The second-order valence-electron chi connectivity index (χ2n) is 4.80. The van der Waals surface area contributed by atoms with E-state index in [2.05, 4.69) is 6.92 Å². The first kappa shape index (κ1) is 12.9. The topological polar surface area (TPSA) is 68.3 Å². The van der Waals surface area contributed by atoms with Crippen LogP contribution in [-0.4, -0.2) is 24.7 Å². The van der Waals surface area contributed by atoms with Crippen LogP contribution in [0.1, 0.15) is 25.3 Å². The molecule has 2 unspecified atom stereocenters. The number of amidine groups is 1. The molecule has 18 heavy (non-hydrogen) atoms. The monoisotopic (exact) mass is 248 g/mol. The van der Waals surface area contributed by atoms with Crippen molar-refractivity contribution in [2.24, 2.45) is 5.73 Å². The van der Waals surface area contributed by atoms with Gasteiger partial charge in [0.15, 0.2) is 0 Å². The van der Waals surface area contributed by atoms with Crippen LogP contribution in [0.2, 0.25) is 0 Å². The highest BCUT2D eigenvalue weighted by atomic mass is 16.5. The minimum atomic E-state index is 0.178. The second kappa shape index (κ2) is 5.87. The molecule has 2 rings (SSSR count). The van der Waals surface area contributed by atoms with E-state index in [1.807, 2.05) is 24.3 Å². The molecule has 1 aromatic carbocycles. The number of benzene rings is 1. The normalized spacial score (nSPS) is 22.9. The molecule has 1 saturated heterocycles. The first-order chi connectivity index (χ1) is 8.63. The summed E-state index contributed by atoms with van der Waals surface area (Å²) in [5.41, 5.74) is 6.38. The summed E-state index contributed by atoms with van der Waals surface area (Å²) >= 11 is 0. The summed E-state index contributed by atoms with van der Waals surface area (Å²) in [6.07, 6.45) is 3.26. The first-order valence-corrected chi connectivity index (χ1v) is 6.33. The van der Waals surface area contributed by atoms with Crippen molar-refractivity contribution >= 4 is 5.84 Å². The number of rotatable bonds is 5. The lowest BCUT2D eigenvalue weighted by molar-refractivity contribution is 0.0264. The molecular weight excluding hydrogens is 228 g/mol. The number of nitrogens with one attached hydrogen (secondary N) is 1. The Kier molecular flexibility index (Phi) is 4.20. The van der Waals surface area contributed by atoms with Gasteiger partial charge in [0.25, 0.3) is 0 Å². The highest BCUT2D eigenvalue weighted by Gasteiger charge is 2.22. The highest BCUT2D eigenvalue weighted by molar-refractivity contribution is 5.79. The van der Waals surface area contributed by atoms with Crippen molar-refractivity contribution in [1.82, 2.24) is 0 Å². The fourth-order valence-electron chi connectivity index (χ4n) is 2.12. The van der Waals surface area contributed by atoms with Crippen molar-refractivity contribution in [3.05, 3.63) is 29.8 Å². The third-order valence-electron chi connectivity index (χ3n) is 3.07. The SMILES string of the molecule is CC1CCC(COc2ccc(CC(=N)N)cc2)O1. The lowest BCUT2D eigenvalue weighted by Crippen LogP contribution is -2.17. The molecule has 98 valence electrons. The fourth-order valence-corrected chi connectivity index (χ4v) is 2.12. The molecule has 0 aromatic heterocycles. The number of ether oxygens (including phenoxy) is 2. The van der Waals surface area contributed by atoms with Gasteiger partial charge in [0.05, 0.1) is 18.0 Å². The van der Waals surface area contributed by atoms with Gasteiger partial charge in [-0.2, -0.15) is 0 Å². The van der Waals surface area contributed by atoms with Crippen LogP contribution in [0.4, 0.5) is 0 Å². The molecule has 1 aliphatic heterocycles. The van der Waals surface area contributed by atoms with Gasteiger partial charge in [-0.1, -0.05) is 12.1 Å². The lowest BCUT2D eigenvalue weighted by atomic mass is 10.1. The van der Waals surface area contributed by atoms with Crippen LogP contribution >= 0.6 is 0 Å². The van der Waals surface area contributed by atoms with E-state index in [-0.39, 0.29) is 11.9 Å². The minimum Gasteiger partial charge on any atom is -0.491 e. The molecule has 3 N–H and O–H groups in total. The van der Waals surface area contributed by atoms with E-state index in [0.717, 1.165) is 24.2 Å². The van der Waals surface area contributed by atoms with E-state index in [0.29, 0.717) is 19.1 Å². The van der Waals surface area contributed by atoms with E-state index in [9.17, 15) is 0 Å². The van der Waals surface area contributed by atoms with Crippen LogP contribution in [-0.2, 0) is 11.2 Å². The standard InChI is InChI=1S/C14H20N2O2/c1-10-2-5-13(18-10)9-17-12-6-3-11(4-7-12)8-14(15)16/h3-4,6-7,10,13H,2,5,8-9H2,1H3,(H3,15,16). The van der Waals surface area contributed by atoms with Gasteiger partial charge in [0, 0.05) is 6.42 Å². The van der Waals surface area contributed by atoms with Crippen LogP contribution in [0.25, 0.3) is 0 Å². The van der Waals surface area contributed by atoms with Gasteiger partial charge in [-0.3, -0.25) is 5.41 Å². The van der Waals surface area contributed by atoms with Crippen molar-refractivity contribution < 1.29 is 9.47 Å². The van der Waals surface area contributed by atoms with Gasteiger partial charge in [0.1, 0.15) is 12.4 Å². The summed E-state index contributed by atoms with van der Waals surface area (Å²) in [7, 11) is 0. The van der Waals surface area contributed by atoms with Crippen molar-refractivity contribution in [3.8, 4) is 5.75 Å². The van der Waals surface area contributed by atoms with Gasteiger partial charge in [-0.15, -0.1) is 0 Å². The summed E-state index contributed by atoms with van der Waals surface area (Å²) in [5, 5.41) is 7.23. The zero-order chi connectivity index (χ0) is 13.0. The average molecular weight is 248 g/mol. The molecule has 4 nitrogen and oxygen atoms in total. The maximum atomic E-state index is 7.23. The third kappa shape index (κ3) is 3.74. The molecule has 2 atom stereocenters. The molecule has 0 saturated carbocycles. The Labute approximate surface area is 108 Å².